The van der Waals surface area contributed by atoms with Crippen molar-refractivity contribution in [1.29, 1.82) is 0 Å². The summed E-state index contributed by atoms with van der Waals surface area (Å²) in [7, 11) is 0. The molecule has 1 aromatic rings. The molecule has 3 aliphatic heterocycles. The standard InChI is InChI=1S/C16H24N2O4/c1-11-6-13(22-17-11)8-18-7-12-9-21-5-3-16(12,19)14-10-20-4-2-15(14)18/h6,12,14-15,19H,2-5,7-10H2,1H3/t12-,14+,15-,16-/m0/s1. The Morgan fingerprint density at radius 3 is 3.05 bits per heavy atom. The number of aryl methyl sites for hydroxylation is 1. The van der Waals surface area contributed by atoms with Crippen LogP contribution in [0.5, 0.6) is 0 Å². The monoisotopic (exact) mass is 308 g/mol. The van der Waals surface area contributed by atoms with E-state index in [1.54, 1.807) is 0 Å². The van der Waals surface area contributed by atoms with Crippen molar-refractivity contribution < 1.29 is 19.1 Å². The molecule has 3 fully saturated rings. The van der Waals surface area contributed by atoms with Gasteiger partial charge in [-0.1, -0.05) is 5.16 Å². The molecule has 0 bridgehead atoms. The predicted octanol–water partition coefficient (Wildman–Crippen LogP) is 0.971. The molecule has 4 atom stereocenters. The maximum Gasteiger partial charge on any atom is 0.150 e. The van der Waals surface area contributed by atoms with Gasteiger partial charge in [-0.05, 0) is 13.3 Å². The molecule has 4 heterocycles. The van der Waals surface area contributed by atoms with Crippen LogP contribution in [0.1, 0.15) is 24.3 Å². The van der Waals surface area contributed by atoms with E-state index in [1.165, 1.54) is 0 Å². The average molecular weight is 308 g/mol. The second-order valence-electron chi connectivity index (χ2n) is 6.91. The van der Waals surface area contributed by atoms with Crippen molar-refractivity contribution in [2.45, 2.75) is 38.0 Å². The maximum absolute atomic E-state index is 11.3. The molecule has 3 aliphatic rings. The number of aromatic nitrogens is 1. The molecular weight excluding hydrogens is 284 g/mol. The van der Waals surface area contributed by atoms with Gasteiger partial charge in [-0.15, -0.1) is 0 Å². The Hall–Kier alpha value is -0.950. The fraction of sp³-hybridized carbons (Fsp3) is 0.812. The van der Waals surface area contributed by atoms with Crippen LogP contribution in [0.3, 0.4) is 0 Å². The third-order valence-corrected chi connectivity index (χ3v) is 5.59. The number of aliphatic hydroxyl groups is 1. The molecule has 1 N–H and O–H groups in total. The Morgan fingerprint density at radius 1 is 1.36 bits per heavy atom. The van der Waals surface area contributed by atoms with Crippen LogP contribution in [-0.4, -0.2) is 59.8 Å². The van der Waals surface area contributed by atoms with Gasteiger partial charge in [0, 0.05) is 50.1 Å². The molecule has 0 saturated carbocycles. The van der Waals surface area contributed by atoms with E-state index in [0.717, 1.165) is 44.0 Å². The number of rotatable bonds is 2. The molecule has 1 aromatic heterocycles. The minimum atomic E-state index is -0.642. The summed E-state index contributed by atoms with van der Waals surface area (Å²) in [6, 6.07) is 2.34. The third kappa shape index (κ3) is 2.38. The van der Waals surface area contributed by atoms with Crippen LogP contribution in [0.4, 0.5) is 0 Å². The molecule has 4 rings (SSSR count). The number of likely N-dealkylation sites (tertiary alicyclic amines) is 1. The van der Waals surface area contributed by atoms with Crippen LogP contribution in [0.25, 0.3) is 0 Å². The van der Waals surface area contributed by atoms with Crippen LogP contribution >= 0.6 is 0 Å². The normalized spacial score (nSPS) is 39.3. The van der Waals surface area contributed by atoms with Crippen molar-refractivity contribution in [3.63, 3.8) is 0 Å². The van der Waals surface area contributed by atoms with Crippen molar-refractivity contribution >= 4 is 0 Å². The number of hydrogen-bond acceptors (Lipinski definition) is 6. The average Bonchev–Trinajstić information content (AvgIpc) is 2.94. The Balaban J connectivity index is 1.59. The third-order valence-electron chi connectivity index (χ3n) is 5.59. The summed E-state index contributed by atoms with van der Waals surface area (Å²) in [5.41, 5.74) is 0.269. The SMILES string of the molecule is Cc1cc(CN2C[C@H]3COCC[C@@]3(O)[C@@H]3COCC[C@@H]32)on1. The first kappa shape index (κ1) is 14.6. The van der Waals surface area contributed by atoms with E-state index in [2.05, 4.69) is 10.1 Å². The zero-order valence-electron chi connectivity index (χ0n) is 13.0. The van der Waals surface area contributed by atoms with Gasteiger partial charge in [-0.2, -0.15) is 0 Å². The van der Waals surface area contributed by atoms with Crippen molar-refractivity contribution in [2.75, 3.05) is 33.0 Å². The Labute approximate surface area is 130 Å². The lowest BCUT2D eigenvalue weighted by molar-refractivity contribution is -0.221. The first-order valence-corrected chi connectivity index (χ1v) is 8.21. The molecule has 6 heteroatoms. The number of fused-ring (bicyclic) bond motifs is 3. The van der Waals surface area contributed by atoms with E-state index in [1.807, 2.05) is 13.0 Å². The molecule has 0 unspecified atom stereocenters. The molecule has 22 heavy (non-hydrogen) atoms. The van der Waals surface area contributed by atoms with Gasteiger partial charge in [-0.3, -0.25) is 4.90 Å². The lowest BCUT2D eigenvalue weighted by atomic mass is 9.66. The highest BCUT2D eigenvalue weighted by Crippen LogP contribution is 2.44. The van der Waals surface area contributed by atoms with Crippen molar-refractivity contribution in [3.05, 3.63) is 17.5 Å². The lowest BCUT2D eigenvalue weighted by Gasteiger charge is -2.57. The van der Waals surface area contributed by atoms with E-state index < -0.39 is 5.60 Å². The van der Waals surface area contributed by atoms with Crippen molar-refractivity contribution in [3.8, 4) is 0 Å². The largest absolute Gasteiger partial charge is 0.389 e. The van der Waals surface area contributed by atoms with Crippen LogP contribution < -0.4 is 0 Å². The predicted molar refractivity (Wildman–Crippen MR) is 78.2 cm³/mol. The fourth-order valence-electron chi connectivity index (χ4n) is 4.44. The summed E-state index contributed by atoms with van der Waals surface area (Å²) in [6.07, 6.45) is 1.69. The summed E-state index contributed by atoms with van der Waals surface area (Å²) < 4.78 is 16.7. The van der Waals surface area contributed by atoms with Crippen LogP contribution in [0.2, 0.25) is 0 Å². The minimum absolute atomic E-state index is 0.146. The highest BCUT2D eigenvalue weighted by atomic mass is 16.5. The molecule has 122 valence electrons. The molecular formula is C16H24N2O4. The highest BCUT2D eigenvalue weighted by molar-refractivity contribution is 5.09. The first-order chi connectivity index (χ1) is 10.7. The van der Waals surface area contributed by atoms with Gasteiger partial charge in [0.05, 0.1) is 31.1 Å². The van der Waals surface area contributed by atoms with Crippen molar-refractivity contribution in [2.24, 2.45) is 11.8 Å². The van der Waals surface area contributed by atoms with Crippen LogP contribution in [-0.2, 0) is 16.0 Å². The van der Waals surface area contributed by atoms with Crippen LogP contribution in [0.15, 0.2) is 10.6 Å². The Bertz CT molecular complexity index is 534. The van der Waals surface area contributed by atoms with Gasteiger partial charge in [0.15, 0.2) is 5.76 Å². The fourth-order valence-corrected chi connectivity index (χ4v) is 4.44. The topological polar surface area (TPSA) is 68.0 Å². The maximum atomic E-state index is 11.3. The van der Waals surface area contributed by atoms with E-state index in [-0.39, 0.29) is 11.8 Å². The number of hydrogen-bond donors (Lipinski definition) is 1. The number of piperidine rings is 1. The lowest BCUT2D eigenvalue weighted by Crippen LogP contribution is -2.67. The zero-order chi connectivity index (χ0) is 15.2. The second kappa shape index (κ2) is 5.60. The Morgan fingerprint density at radius 2 is 2.23 bits per heavy atom. The molecule has 0 aliphatic carbocycles. The van der Waals surface area contributed by atoms with Crippen molar-refractivity contribution in [1.82, 2.24) is 10.1 Å². The molecule has 0 radical (unpaired) electrons. The summed E-state index contributed by atoms with van der Waals surface area (Å²) >= 11 is 0. The molecule has 0 amide bonds. The molecule has 6 nitrogen and oxygen atoms in total. The van der Waals surface area contributed by atoms with Gasteiger partial charge in [0.2, 0.25) is 0 Å². The van der Waals surface area contributed by atoms with Gasteiger partial charge in [0.25, 0.3) is 0 Å². The van der Waals surface area contributed by atoms with E-state index >= 15 is 0 Å². The first-order valence-electron chi connectivity index (χ1n) is 8.21. The number of nitrogens with zero attached hydrogens (tertiary/aromatic N) is 2. The molecule has 0 aromatic carbocycles. The minimum Gasteiger partial charge on any atom is -0.389 e. The quantitative estimate of drug-likeness (QED) is 0.878. The van der Waals surface area contributed by atoms with Gasteiger partial charge >= 0.3 is 0 Å². The van der Waals surface area contributed by atoms with Gasteiger partial charge in [0.1, 0.15) is 0 Å². The van der Waals surface area contributed by atoms with Gasteiger partial charge < -0.3 is 19.1 Å². The molecule has 3 saturated heterocycles. The van der Waals surface area contributed by atoms with E-state index in [4.69, 9.17) is 14.0 Å². The van der Waals surface area contributed by atoms with E-state index in [9.17, 15) is 5.11 Å². The zero-order valence-corrected chi connectivity index (χ0v) is 13.0. The van der Waals surface area contributed by atoms with Crippen LogP contribution in [0, 0.1) is 18.8 Å². The Kier molecular flexibility index (Phi) is 3.72. The number of ether oxygens (including phenoxy) is 2. The van der Waals surface area contributed by atoms with Gasteiger partial charge in [-0.25, -0.2) is 0 Å². The summed E-state index contributed by atoms with van der Waals surface area (Å²) in [5.74, 6) is 1.20. The summed E-state index contributed by atoms with van der Waals surface area (Å²) in [5, 5.41) is 15.2. The molecule has 0 spiro atoms. The summed E-state index contributed by atoms with van der Waals surface area (Å²) in [6.45, 7) is 6.22. The highest BCUT2D eigenvalue weighted by Gasteiger charge is 2.55. The van der Waals surface area contributed by atoms with E-state index in [0.29, 0.717) is 25.9 Å². The second-order valence-corrected chi connectivity index (χ2v) is 6.91. The smallest absolute Gasteiger partial charge is 0.150 e. The summed E-state index contributed by atoms with van der Waals surface area (Å²) in [4.78, 5) is 2.43.